The number of hydrogen-bond acceptors (Lipinski definition) is 4. The van der Waals surface area contributed by atoms with Crippen molar-refractivity contribution >= 4 is 0 Å². The van der Waals surface area contributed by atoms with Crippen LogP contribution in [0.25, 0.3) is 22.3 Å². The van der Waals surface area contributed by atoms with Gasteiger partial charge in [0.1, 0.15) is 0 Å². The molecule has 0 aliphatic rings. The number of hydrogen-bond donors (Lipinski definition) is 0. The molecular weight excluding hydrogens is 276 g/mol. The maximum atomic E-state index is 12.9. The van der Waals surface area contributed by atoms with Crippen LogP contribution in [0.1, 0.15) is 19.9 Å². The molecule has 110 valence electrons. The summed E-state index contributed by atoms with van der Waals surface area (Å²) in [6.07, 6.45) is 8.55. The monoisotopic (exact) mass is 292 g/mol. The molecule has 3 aromatic rings. The first-order valence-corrected chi connectivity index (χ1v) is 7.11. The average Bonchev–Trinajstić information content (AvgIpc) is 2.55. The van der Waals surface area contributed by atoms with Crippen molar-refractivity contribution < 1.29 is 0 Å². The SMILES string of the molecule is CC(C)n1ncc(-c2cccnc2)c(-c2cccnc2)c1=O. The van der Waals surface area contributed by atoms with Crippen LogP contribution >= 0.6 is 0 Å². The zero-order chi connectivity index (χ0) is 15.5. The Labute approximate surface area is 128 Å². The van der Waals surface area contributed by atoms with Crippen molar-refractivity contribution in [3.05, 3.63) is 65.6 Å². The molecule has 3 aromatic heterocycles. The number of pyridine rings is 2. The quantitative estimate of drug-likeness (QED) is 0.744. The maximum Gasteiger partial charge on any atom is 0.275 e. The molecule has 3 rings (SSSR count). The Kier molecular flexibility index (Phi) is 3.78. The molecule has 0 atom stereocenters. The fourth-order valence-corrected chi connectivity index (χ4v) is 2.37. The van der Waals surface area contributed by atoms with E-state index in [2.05, 4.69) is 15.1 Å². The zero-order valence-electron chi connectivity index (χ0n) is 12.5. The lowest BCUT2D eigenvalue weighted by molar-refractivity contribution is 0.504. The molecule has 3 heterocycles. The second-order valence-corrected chi connectivity index (χ2v) is 5.26. The Morgan fingerprint density at radius 1 is 0.955 bits per heavy atom. The molecule has 0 aromatic carbocycles. The summed E-state index contributed by atoms with van der Waals surface area (Å²) in [7, 11) is 0. The van der Waals surface area contributed by atoms with Crippen molar-refractivity contribution in [1.29, 1.82) is 0 Å². The van der Waals surface area contributed by atoms with Gasteiger partial charge in [0.25, 0.3) is 5.56 Å². The third-order valence-corrected chi connectivity index (χ3v) is 3.41. The molecule has 0 aliphatic carbocycles. The summed E-state index contributed by atoms with van der Waals surface area (Å²) in [5.74, 6) is 0. The van der Waals surface area contributed by atoms with Crippen LogP contribution in [-0.2, 0) is 0 Å². The van der Waals surface area contributed by atoms with Gasteiger partial charge in [-0.15, -0.1) is 0 Å². The maximum absolute atomic E-state index is 12.9. The third kappa shape index (κ3) is 2.53. The average molecular weight is 292 g/mol. The molecule has 0 radical (unpaired) electrons. The van der Waals surface area contributed by atoms with Crippen LogP contribution in [0.5, 0.6) is 0 Å². The first kappa shape index (κ1) is 14.1. The highest BCUT2D eigenvalue weighted by molar-refractivity contribution is 5.81. The minimum atomic E-state index is -0.121. The van der Waals surface area contributed by atoms with Gasteiger partial charge < -0.3 is 0 Å². The summed E-state index contributed by atoms with van der Waals surface area (Å²) in [6.45, 7) is 3.87. The van der Waals surface area contributed by atoms with E-state index in [4.69, 9.17) is 0 Å². The zero-order valence-corrected chi connectivity index (χ0v) is 12.5. The second-order valence-electron chi connectivity index (χ2n) is 5.26. The van der Waals surface area contributed by atoms with Crippen molar-refractivity contribution in [3.63, 3.8) is 0 Å². The molecule has 5 nitrogen and oxygen atoms in total. The number of nitrogens with zero attached hydrogens (tertiary/aromatic N) is 4. The molecule has 0 unspecified atom stereocenters. The summed E-state index contributed by atoms with van der Waals surface area (Å²) in [6, 6.07) is 7.46. The second kappa shape index (κ2) is 5.89. The highest BCUT2D eigenvalue weighted by atomic mass is 16.1. The molecule has 0 saturated carbocycles. The Hall–Kier alpha value is -2.82. The van der Waals surface area contributed by atoms with Gasteiger partial charge in [-0.3, -0.25) is 14.8 Å². The Morgan fingerprint density at radius 3 is 2.14 bits per heavy atom. The normalized spacial score (nSPS) is 10.9. The predicted octanol–water partition coefficient (Wildman–Crippen LogP) is 2.95. The van der Waals surface area contributed by atoms with Crippen LogP contribution in [0.3, 0.4) is 0 Å². The van der Waals surface area contributed by atoms with Crippen LogP contribution in [0.4, 0.5) is 0 Å². The van der Waals surface area contributed by atoms with Gasteiger partial charge in [-0.25, -0.2) is 4.68 Å². The Bertz CT molecular complexity index is 826. The van der Waals surface area contributed by atoms with Crippen LogP contribution in [0.15, 0.2) is 60.0 Å². The minimum absolute atomic E-state index is 0.00845. The summed E-state index contributed by atoms with van der Waals surface area (Å²) in [5.41, 5.74) is 2.89. The van der Waals surface area contributed by atoms with Crippen molar-refractivity contribution in [2.75, 3.05) is 0 Å². The van der Waals surface area contributed by atoms with E-state index in [1.165, 1.54) is 4.68 Å². The molecule has 0 bridgehead atoms. The fraction of sp³-hybridized carbons (Fsp3) is 0.176. The Morgan fingerprint density at radius 2 is 1.59 bits per heavy atom. The molecule has 0 fully saturated rings. The van der Waals surface area contributed by atoms with Gasteiger partial charge in [-0.05, 0) is 26.0 Å². The van der Waals surface area contributed by atoms with Crippen molar-refractivity contribution in [2.45, 2.75) is 19.9 Å². The number of aromatic nitrogens is 4. The van der Waals surface area contributed by atoms with Gasteiger partial charge in [-0.1, -0.05) is 12.1 Å². The number of rotatable bonds is 3. The lowest BCUT2D eigenvalue weighted by atomic mass is 9.99. The van der Waals surface area contributed by atoms with E-state index >= 15 is 0 Å². The van der Waals surface area contributed by atoms with Gasteiger partial charge >= 0.3 is 0 Å². The van der Waals surface area contributed by atoms with E-state index in [0.717, 1.165) is 16.7 Å². The topological polar surface area (TPSA) is 60.7 Å². The molecule has 0 spiro atoms. The third-order valence-electron chi connectivity index (χ3n) is 3.41. The first-order chi connectivity index (χ1) is 10.7. The molecular formula is C17H16N4O. The highest BCUT2D eigenvalue weighted by Gasteiger charge is 2.16. The molecule has 22 heavy (non-hydrogen) atoms. The Balaban J connectivity index is 2.32. The first-order valence-electron chi connectivity index (χ1n) is 7.11. The van der Waals surface area contributed by atoms with Crippen LogP contribution < -0.4 is 5.56 Å². The molecule has 0 saturated heterocycles. The van der Waals surface area contributed by atoms with E-state index in [-0.39, 0.29) is 11.6 Å². The van der Waals surface area contributed by atoms with Gasteiger partial charge in [0.15, 0.2) is 0 Å². The summed E-state index contributed by atoms with van der Waals surface area (Å²) in [4.78, 5) is 21.1. The van der Waals surface area contributed by atoms with Crippen molar-refractivity contribution in [1.82, 2.24) is 19.7 Å². The van der Waals surface area contributed by atoms with E-state index in [0.29, 0.717) is 5.56 Å². The van der Waals surface area contributed by atoms with E-state index < -0.39 is 0 Å². The predicted molar refractivity (Wildman–Crippen MR) is 85.3 cm³/mol. The standard InChI is InChI=1S/C17H16N4O/c1-12(2)21-17(22)16(14-6-4-8-19-10-14)15(11-20-21)13-5-3-7-18-9-13/h3-12H,1-2H3. The van der Waals surface area contributed by atoms with E-state index in [1.54, 1.807) is 31.0 Å². The van der Waals surface area contributed by atoms with Gasteiger partial charge in [-0.2, -0.15) is 5.10 Å². The van der Waals surface area contributed by atoms with E-state index in [9.17, 15) is 4.79 Å². The van der Waals surface area contributed by atoms with Gasteiger partial charge in [0.2, 0.25) is 0 Å². The molecule has 0 aliphatic heterocycles. The largest absolute Gasteiger partial charge is 0.275 e. The summed E-state index contributed by atoms with van der Waals surface area (Å²) in [5, 5.41) is 4.30. The fourth-order valence-electron chi connectivity index (χ4n) is 2.37. The van der Waals surface area contributed by atoms with E-state index in [1.807, 2.05) is 38.1 Å². The summed E-state index contributed by atoms with van der Waals surface area (Å²) >= 11 is 0. The molecule has 0 amide bonds. The summed E-state index contributed by atoms with van der Waals surface area (Å²) < 4.78 is 1.49. The van der Waals surface area contributed by atoms with Crippen LogP contribution in [-0.4, -0.2) is 19.7 Å². The molecule has 0 N–H and O–H groups in total. The lowest BCUT2D eigenvalue weighted by Gasteiger charge is -2.14. The van der Waals surface area contributed by atoms with Crippen LogP contribution in [0, 0.1) is 0 Å². The highest BCUT2D eigenvalue weighted by Crippen LogP contribution is 2.27. The van der Waals surface area contributed by atoms with Crippen molar-refractivity contribution in [3.8, 4) is 22.3 Å². The van der Waals surface area contributed by atoms with Crippen molar-refractivity contribution in [2.24, 2.45) is 0 Å². The smallest absolute Gasteiger partial charge is 0.267 e. The van der Waals surface area contributed by atoms with Gasteiger partial charge in [0, 0.05) is 41.5 Å². The van der Waals surface area contributed by atoms with Crippen LogP contribution in [0.2, 0.25) is 0 Å². The van der Waals surface area contributed by atoms with Gasteiger partial charge in [0.05, 0.1) is 17.8 Å². The molecule has 5 heteroatoms. The minimum Gasteiger partial charge on any atom is -0.267 e. The lowest BCUT2D eigenvalue weighted by Crippen LogP contribution is -2.26.